The van der Waals surface area contributed by atoms with Gasteiger partial charge in [-0.15, -0.1) is 0 Å². The molecule has 1 aliphatic rings. The van der Waals surface area contributed by atoms with Crippen molar-refractivity contribution in [3.63, 3.8) is 0 Å². The molecule has 1 aliphatic heterocycles. The minimum Gasteiger partial charge on any atom is -0.493 e. The van der Waals surface area contributed by atoms with E-state index >= 15 is 0 Å². The molecule has 222 valence electrons. The Morgan fingerprint density at radius 3 is 2.46 bits per heavy atom. The first kappa shape index (κ1) is 32.0. The van der Waals surface area contributed by atoms with Crippen LogP contribution in [0.4, 0.5) is 10.1 Å². The molecule has 0 aromatic heterocycles. The first-order valence-electron chi connectivity index (χ1n) is 13.6. The van der Waals surface area contributed by atoms with E-state index < -0.39 is 17.1 Å². The summed E-state index contributed by atoms with van der Waals surface area (Å²) in [6.45, 7) is 12.4. The lowest BCUT2D eigenvalue weighted by Gasteiger charge is -2.32. The van der Waals surface area contributed by atoms with Crippen LogP contribution in [0.25, 0.3) is 0 Å². The number of carbonyl (C=O) groups excluding carboxylic acids is 2. The summed E-state index contributed by atoms with van der Waals surface area (Å²) in [5, 5.41) is 9.81. The van der Waals surface area contributed by atoms with Crippen LogP contribution in [0.5, 0.6) is 5.75 Å². The van der Waals surface area contributed by atoms with E-state index in [1.165, 1.54) is 6.07 Å². The number of hydrogen-bond donors (Lipinski definition) is 2. The summed E-state index contributed by atoms with van der Waals surface area (Å²) in [7, 11) is 6.01. The highest BCUT2D eigenvalue weighted by molar-refractivity contribution is 6.31. The van der Waals surface area contributed by atoms with E-state index in [1.807, 2.05) is 75.3 Å². The predicted octanol–water partition coefficient (Wildman–Crippen LogP) is 5.57. The van der Waals surface area contributed by atoms with Gasteiger partial charge in [0.1, 0.15) is 11.6 Å². The topological polar surface area (TPSA) is 77.1 Å². The van der Waals surface area contributed by atoms with Crippen molar-refractivity contribution < 1.29 is 18.7 Å². The van der Waals surface area contributed by atoms with E-state index in [4.69, 9.17) is 16.3 Å². The summed E-state index contributed by atoms with van der Waals surface area (Å²) in [4.78, 5) is 28.5. The normalized spacial score (nSPS) is 14.5. The highest BCUT2D eigenvalue weighted by Gasteiger charge is 2.34. The van der Waals surface area contributed by atoms with Crippen LogP contribution < -0.4 is 20.4 Å². The third-order valence-electron chi connectivity index (χ3n) is 7.09. The fourth-order valence-corrected chi connectivity index (χ4v) is 4.72. The molecule has 10 heteroatoms. The number of amides is 2. The Bertz CT molecular complexity index is 1310. The summed E-state index contributed by atoms with van der Waals surface area (Å²) in [6, 6.07) is 12.4. The largest absolute Gasteiger partial charge is 0.493 e. The van der Waals surface area contributed by atoms with E-state index in [1.54, 1.807) is 6.92 Å². The van der Waals surface area contributed by atoms with Crippen LogP contribution in [0.15, 0.2) is 66.1 Å². The lowest BCUT2D eigenvalue weighted by molar-refractivity contribution is -0.122. The van der Waals surface area contributed by atoms with Gasteiger partial charge in [0.25, 0.3) is 5.91 Å². The Morgan fingerprint density at radius 2 is 1.85 bits per heavy atom. The Kier molecular flexibility index (Phi) is 10.4. The van der Waals surface area contributed by atoms with Crippen molar-refractivity contribution in [1.82, 2.24) is 20.5 Å². The van der Waals surface area contributed by atoms with Gasteiger partial charge in [0.15, 0.2) is 0 Å². The fourth-order valence-electron chi connectivity index (χ4n) is 4.55. The average Bonchev–Trinajstić information content (AvgIpc) is 3.13. The van der Waals surface area contributed by atoms with Crippen molar-refractivity contribution in [2.24, 2.45) is 5.41 Å². The molecule has 2 aromatic rings. The number of para-hydroxylation sites is 1. The Morgan fingerprint density at radius 1 is 1.20 bits per heavy atom. The van der Waals surface area contributed by atoms with Gasteiger partial charge in [-0.25, -0.2) is 4.39 Å². The molecular weight excluding hydrogens is 545 g/mol. The van der Waals surface area contributed by atoms with Crippen molar-refractivity contribution in [3.8, 4) is 5.75 Å². The number of hydrazine groups is 1. The van der Waals surface area contributed by atoms with Gasteiger partial charge in [-0.3, -0.25) is 19.6 Å². The van der Waals surface area contributed by atoms with Crippen LogP contribution in [0.1, 0.15) is 50.9 Å². The van der Waals surface area contributed by atoms with Gasteiger partial charge >= 0.3 is 0 Å². The molecule has 0 unspecified atom stereocenters. The molecule has 0 saturated heterocycles. The number of hydrogen-bond acceptors (Lipinski definition) is 6. The second kappa shape index (κ2) is 13.4. The van der Waals surface area contributed by atoms with Crippen molar-refractivity contribution in [1.29, 1.82) is 0 Å². The predicted molar refractivity (Wildman–Crippen MR) is 162 cm³/mol. The molecule has 0 bridgehead atoms. The number of benzene rings is 2. The molecule has 0 aliphatic carbocycles. The number of nitrogens with zero attached hydrogens (tertiary/aromatic N) is 3. The van der Waals surface area contributed by atoms with Gasteiger partial charge in [-0.2, -0.15) is 0 Å². The highest BCUT2D eigenvalue weighted by Crippen LogP contribution is 2.36. The molecule has 1 heterocycles. The van der Waals surface area contributed by atoms with Gasteiger partial charge < -0.3 is 20.3 Å². The van der Waals surface area contributed by atoms with Gasteiger partial charge in [0, 0.05) is 38.5 Å². The molecule has 0 radical (unpaired) electrons. The van der Waals surface area contributed by atoms with Gasteiger partial charge in [-0.05, 0) is 51.6 Å². The highest BCUT2D eigenvalue weighted by atomic mass is 35.5. The molecular formula is C31H41ClFN5O3. The third-order valence-corrected chi connectivity index (χ3v) is 7.38. The maximum absolute atomic E-state index is 13.9. The number of halogens is 2. The molecule has 3 rings (SSSR count). The van der Waals surface area contributed by atoms with Gasteiger partial charge in [0.05, 0.1) is 40.0 Å². The van der Waals surface area contributed by atoms with Crippen molar-refractivity contribution in [3.05, 3.63) is 82.5 Å². The van der Waals surface area contributed by atoms with Crippen LogP contribution in [-0.4, -0.2) is 62.1 Å². The van der Waals surface area contributed by atoms with E-state index in [2.05, 4.69) is 29.0 Å². The number of anilines is 1. The lowest BCUT2D eigenvalue weighted by atomic mass is 9.88. The molecule has 0 fully saturated rings. The number of carbonyl (C=O) groups is 2. The molecule has 2 aromatic carbocycles. The Hall–Kier alpha value is -3.56. The molecule has 8 nitrogen and oxygen atoms in total. The smallest absolute Gasteiger partial charge is 0.255 e. The molecule has 1 atom stereocenters. The number of rotatable bonds is 12. The zero-order chi connectivity index (χ0) is 30.5. The van der Waals surface area contributed by atoms with Gasteiger partial charge in [0.2, 0.25) is 5.91 Å². The maximum atomic E-state index is 13.9. The minimum absolute atomic E-state index is 0.112. The van der Waals surface area contributed by atoms with Crippen molar-refractivity contribution in [2.75, 3.05) is 39.3 Å². The van der Waals surface area contributed by atoms with E-state index in [-0.39, 0.29) is 47.9 Å². The molecule has 0 saturated carbocycles. The van der Waals surface area contributed by atoms with E-state index in [0.717, 1.165) is 17.5 Å². The molecule has 2 amide bonds. The van der Waals surface area contributed by atoms with Crippen LogP contribution in [0.3, 0.4) is 0 Å². The number of ether oxygens (including phenoxy) is 1. The number of nitrogens with one attached hydrogen (secondary N) is 2. The lowest BCUT2D eigenvalue weighted by Crippen LogP contribution is -2.38. The van der Waals surface area contributed by atoms with E-state index in [9.17, 15) is 14.0 Å². The maximum Gasteiger partial charge on any atom is 0.255 e. The summed E-state index contributed by atoms with van der Waals surface area (Å²) >= 11 is 5.92. The first-order chi connectivity index (χ1) is 19.3. The van der Waals surface area contributed by atoms with Crippen molar-refractivity contribution >= 4 is 29.1 Å². The van der Waals surface area contributed by atoms with Crippen LogP contribution in [0, 0.1) is 11.2 Å². The SMILES string of the molecule is C=C1C(NC(=O)CC(C)(C)CNC(=O)c2cc(Cl)c(F)cc2OCC)=C(C[C@H](C)N(C)C)N(C)N1c1ccccc1. The van der Waals surface area contributed by atoms with Gasteiger partial charge in [-0.1, -0.05) is 50.2 Å². The Labute approximate surface area is 247 Å². The standard InChI is InChI=1S/C31H41ClFN5O3/c1-9-41-27-17-25(33)24(32)16-23(27)30(40)34-19-31(4,5)18-28(39)35-29-21(3)38(22-13-11-10-12-14-22)37(8)26(29)15-20(2)36(6)7/h10-14,16-17,20H,3,9,15,18-19H2,1-2,4-8H3,(H,34,40)(H,35,39)/t20-/m0/s1. The zero-order valence-corrected chi connectivity index (χ0v) is 25.7. The summed E-state index contributed by atoms with van der Waals surface area (Å²) in [5.41, 5.74) is 2.78. The van der Waals surface area contributed by atoms with Crippen LogP contribution in [0.2, 0.25) is 5.02 Å². The zero-order valence-electron chi connectivity index (χ0n) is 25.0. The van der Waals surface area contributed by atoms with Crippen molar-refractivity contribution in [2.45, 2.75) is 46.6 Å². The molecule has 41 heavy (non-hydrogen) atoms. The average molecular weight is 586 g/mol. The second-order valence-electron chi connectivity index (χ2n) is 11.2. The first-order valence-corrected chi connectivity index (χ1v) is 14.0. The third kappa shape index (κ3) is 7.80. The summed E-state index contributed by atoms with van der Waals surface area (Å²) < 4.78 is 19.4. The minimum atomic E-state index is -0.665. The summed E-state index contributed by atoms with van der Waals surface area (Å²) in [5.74, 6) is -1.21. The molecule has 0 spiro atoms. The Balaban J connectivity index is 1.74. The molecule has 2 N–H and O–H groups in total. The fraction of sp³-hybridized carbons (Fsp3) is 0.419. The monoisotopic (exact) mass is 585 g/mol. The summed E-state index contributed by atoms with van der Waals surface area (Å²) in [6.07, 6.45) is 0.835. The van der Waals surface area contributed by atoms with E-state index in [0.29, 0.717) is 17.8 Å². The van der Waals surface area contributed by atoms with Crippen LogP contribution in [-0.2, 0) is 4.79 Å². The quantitative estimate of drug-likeness (QED) is 0.339. The van der Waals surface area contributed by atoms with Crippen LogP contribution >= 0.6 is 11.6 Å². The second-order valence-corrected chi connectivity index (χ2v) is 11.6.